The highest BCUT2D eigenvalue weighted by atomic mass is 16.5. The molecule has 0 saturated carbocycles. The molecule has 4 nitrogen and oxygen atoms in total. The lowest BCUT2D eigenvalue weighted by Gasteiger charge is -2.44. The van der Waals surface area contributed by atoms with Gasteiger partial charge in [-0.1, -0.05) is 52.8 Å². The van der Waals surface area contributed by atoms with Crippen LogP contribution in [-0.2, 0) is 14.3 Å². The fourth-order valence-electron chi connectivity index (χ4n) is 5.68. The van der Waals surface area contributed by atoms with Crippen LogP contribution < -0.4 is 0 Å². The Hall–Kier alpha value is -1.42. The summed E-state index contributed by atoms with van der Waals surface area (Å²) in [5.41, 5.74) is 1.13. The first-order valence-electron chi connectivity index (χ1n) is 11.9. The Morgan fingerprint density at radius 2 is 1.97 bits per heavy atom. The Labute approximate surface area is 182 Å². The smallest absolute Gasteiger partial charge is 0.308 e. The molecule has 1 aliphatic heterocycles. The predicted octanol–water partition coefficient (Wildman–Crippen LogP) is 5.25. The van der Waals surface area contributed by atoms with Crippen molar-refractivity contribution in [3.8, 4) is 0 Å². The van der Waals surface area contributed by atoms with Gasteiger partial charge in [0, 0.05) is 18.3 Å². The molecule has 2 aliphatic carbocycles. The van der Waals surface area contributed by atoms with Crippen LogP contribution in [-0.4, -0.2) is 29.1 Å². The molecule has 0 radical (unpaired) electrons. The molecular weight excluding hydrogens is 376 g/mol. The fraction of sp³-hybridized carbons (Fsp3) is 0.769. The number of allylic oxidation sites excluding steroid dienone is 4. The van der Waals surface area contributed by atoms with Crippen molar-refractivity contribution < 1.29 is 19.4 Å². The molecule has 0 aromatic heterocycles. The van der Waals surface area contributed by atoms with Gasteiger partial charge in [-0.25, -0.2) is 0 Å². The van der Waals surface area contributed by atoms with Crippen LogP contribution in [0.4, 0.5) is 0 Å². The van der Waals surface area contributed by atoms with E-state index in [0.717, 1.165) is 25.7 Å². The Kier molecular flexibility index (Phi) is 7.27. The second-order valence-corrected chi connectivity index (χ2v) is 10.7. The van der Waals surface area contributed by atoms with Crippen LogP contribution in [0.5, 0.6) is 0 Å². The zero-order valence-electron chi connectivity index (χ0n) is 19.4. The SMILES string of the molecule is CCC(C)(C)C(=O)C[C@H]1C[C@@H](C)C=C2C=C[C@H](C)[C@H](CC[C@@H]3C[C@@H](O)CC(=O)O3)[C@H]21. The number of cyclic esters (lactones) is 1. The van der Waals surface area contributed by atoms with E-state index in [9.17, 15) is 14.7 Å². The summed E-state index contributed by atoms with van der Waals surface area (Å²) in [6, 6.07) is 0. The Morgan fingerprint density at radius 3 is 2.63 bits per heavy atom. The maximum Gasteiger partial charge on any atom is 0.308 e. The van der Waals surface area contributed by atoms with Crippen LogP contribution in [0.25, 0.3) is 0 Å². The van der Waals surface area contributed by atoms with Crippen molar-refractivity contribution in [3.63, 3.8) is 0 Å². The molecule has 3 aliphatic rings. The number of aliphatic hydroxyl groups is 1. The number of fused-ring (bicyclic) bond motifs is 1. The number of hydrogen-bond donors (Lipinski definition) is 1. The van der Waals surface area contributed by atoms with E-state index in [2.05, 4.69) is 52.8 Å². The highest BCUT2D eigenvalue weighted by Crippen LogP contribution is 2.48. The molecule has 1 heterocycles. The zero-order chi connectivity index (χ0) is 22.1. The van der Waals surface area contributed by atoms with Crippen molar-refractivity contribution in [2.45, 2.75) is 91.8 Å². The van der Waals surface area contributed by atoms with Gasteiger partial charge in [0.05, 0.1) is 12.5 Å². The van der Waals surface area contributed by atoms with Gasteiger partial charge in [0.25, 0.3) is 0 Å². The molecular formula is C26H40O4. The molecule has 0 unspecified atom stereocenters. The Balaban J connectivity index is 1.76. The Morgan fingerprint density at radius 1 is 1.23 bits per heavy atom. The number of aliphatic hydroxyl groups excluding tert-OH is 1. The van der Waals surface area contributed by atoms with E-state index in [4.69, 9.17) is 4.74 Å². The minimum absolute atomic E-state index is 0.115. The van der Waals surface area contributed by atoms with Gasteiger partial charge in [-0.2, -0.15) is 0 Å². The first-order chi connectivity index (χ1) is 14.1. The van der Waals surface area contributed by atoms with E-state index in [1.807, 2.05) is 0 Å². The van der Waals surface area contributed by atoms with Gasteiger partial charge in [-0.15, -0.1) is 0 Å². The number of Topliss-reactive ketones (excluding diaryl/α,β-unsaturated/α-hetero) is 1. The first kappa shape index (κ1) is 23.2. The number of esters is 1. The number of hydrogen-bond acceptors (Lipinski definition) is 4. The lowest BCUT2D eigenvalue weighted by molar-refractivity contribution is -0.160. The standard InChI is InChI=1S/C26H40O4/c1-6-26(4,5)23(28)13-19-12-16(2)11-18-8-7-17(3)22(25(18)19)10-9-21-14-20(27)15-24(29)30-21/h7-8,11,16-17,19-22,25,27H,6,9-10,12-15H2,1-5H3/t16-,17-,19+,20+,21+,22-,25+/m0/s1. The van der Waals surface area contributed by atoms with E-state index in [1.54, 1.807) is 0 Å². The monoisotopic (exact) mass is 416 g/mol. The fourth-order valence-corrected chi connectivity index (χ4v) is 5.68. The van der Waals surface area contributed by atoms with Crippen molar-refractivity contribution >= 4 is 11.8 Å². The average molecular weight is 417 g/mol. The number of carbonyl (C=O) groups is 2. The molecule has 0 aromatic carbocycles. The van der Waals surface area contributed by atoms with Gasteiger partial charge in [0.15, 0.2) is 0 Å². The molecule has 1 fully saturated rings. The van der Waals surface area contributed by atoms with Crippen molar-refractivity contribution in [3.05, 3.63) is 23.8 Å². The van der Waals surface area contributed by atoms with Crippen LogP contribution in [0.2, 0.25) is 0 Å². The quantitative estimate of drug-likeness (QED) is 0.576. The van der Waals surface area contributed by atoms with Gasteiger partial charge in [0.2, 0.25) is 0 Å². The molecule has 168 valence electrons. The van der Waals surface area contributed by atoms with Crippen LogP contribution in [0, 0.1) is 35.0 Å². The van der Waals surface area contributed by atoms with Crippen molar-refractivity contribution in [2.24, 2.45) is 35.0 Å². The Bertz CT molecular complexity index is 704. The van der Waals surface area contributed by atoms with E-state index in [-0.39, 0.29) is 23.9 Å². The lowest BCUT2D eigenvalue weighted by atomic mass is 9.60. The van der Waals surface area contributed by atoms with Crippen LogP contribution >= 0.6 is 0 Å². The molecule has 1 saturated heterocycles. The molecule has 3 rings (SSSR count). The van der Waals surface area contributed by atoms with E-state index < -0.39 is 6.10 Å². The zero-order valence-corrected chi connectivity index (χ0v) is 19.4. The van der Waals surface area contributed by atoms with E-state index >= 15 is 0 Å². The van der Waals surface area contributed by atoms with Gasteiger partial charge >= 0.3 is 5.97 Å². The summed E-state index contributed by atoms with van der Waals surface area (Å²) in [4.78, 5) is 24.8. The lowest BCUT2D eigenvalue weighted by Crippen LogP contribution is -2.39. The van der Waals surface area contributed by atoms with Gasteiger partial charge in [-0.05, 0) is 60.8 Å². The second kappa shape index (κ2) is 9.38. The van der Waals surface area contributed by atoms with Crippen LogP contribution in [0.1, 0.15) is 79.6 Å². The third-order valence-electron chi connectivity index (χ3n) is 7.92. The molecule has 0 amide bonds. The molecule has 0 aromatic rings. The highest BCUT2D eigenvalue weighted by molar-refractivity contribution is 5.84. The summed E-state index contributed by atoms with van der Waals surface area (Å²) < 4.78 is 5.50. The average Bonchev–Trinajstić information content (AvgIpc) is 2.66. The molecule has 30 heavy (non-hydrogen) atoms. The predicted molar refractivity (Wildman–Crippen MR) is 119 cm³/mol. The molecule has 0 spiro atoms. The summed E-state index contributed by atoms with van der Waals surface area (Å²) in [5, 5.41) is 9.94. The molecule has 7 atom stereocenters. The largest absolute Gasteiger partial charge is 0.462 e. The third kappa shape index (κ3) is 5.25. The number of rotatable bonds is 7. The van der Waals surface area contributed by atoms with Crippen molar-refractivity contribution in [1.82, 2.24) is 0 Å². The molecule has 0 bridgehead atoms. The summed E-state index contributed by atoms with van der Waals surface area (Å²) in [6.45, 7) is 10.8. The molecule has 1 N–H and O–H groups in total. The van der Waals surface area contributed by atoms with Gasteiger partial charge in [0.1, 0.15) is 11.9 Å². The summed E-state index contributed by atoms with van der Waals surface area (Å²) >= 11 is 0. The first-order valence-corrected chi connectivity index (χ1v) is 11.9. The number of carbonyl (C=O) groups excluding carboxylic acids is 2. The maximum absolute atomic E-state index is 13.1. The summed E-state index contributed by atoms with van der Waals surface area (Å²) in [5.74, 6) is 2.22. The van der Waals surface area contributed by atoms with Gasteiger partial charge in [-0.3, -0.25) is 9.59 Å². The van der Waals surface area contributed by atoms with Crippen LogP contribution in [0.3, 0.4) is 0 Å². The maximum atomic E-state index is 13.1. The minimum Gasteiger partial charge on any atom is -0.462 e. The molecule has 4 heteroatoms. The van der Waals surface area contributed by atoms with Gasteiger partial charge < -0.3 is 9.84 Å². The van der Waals surface area contributed by atoms with E-state index in [1.165, 1.54) is 5.57 Å². The normalized spacial score (nSPS) is 36.7. The van der Waals surface area contributed by atoms with Crippen molar-refractivity contribution in [2.75, 3.05) is 0 Å². The van der Waals surface area contributed by atoms with Crippen molar-refractivity contribution in [1.29, 1.82) is 0 Å². The van der Waals surface area contributed by atoms with E-state index in [0.29, 0.717) is 48.2 Å². The minimum atomic E-state index is -0.576. The third-order valence-corrected chi connectivity index (χ3v) is 7.92. The topological polar surface area (TPSA) is 63.6 Å². The van der Waals surface area contributed by atoms with Crippen LogP contribution in [0.15, 0.2) is 23.8 Å². The number of ketones is 1. The summed E-state index contributed by atoms with van der Waals surface area (Å²) in [7, 11) is 0. The summed E-state index contributed by atoms with van der Waals surface area (Å²) in [6.07, 6.45) is 11.2. The highest BCUT2D eigenvalue weighted by Gasteiger charge is 2.42. The number of ether oxygens (including phenoxy) is 1. The second-order valence-electron chi connectivity index (χ2n) is 10.7.